The lowest BCUT2D eigenvalue weighted by Crippen LogP contribution is -1.99. The van der Waals surface area contributed by atoms with Gasteiger partial charge >= 0.3 is 0 Å². The zero-order valence-electron chi connectivity index (χ0n) is 12.3. The average Bonchev–Trinajstić information content (AvgIpc) is 2.55. The highest BCUT2D eigenvalue weighted by molar-refractivity contribution is 7.94. The second-order valence-corrected chi connectivity index (χ2v) is 5.96. The fourth-order valence-electron chi connectivity index (χ4n) is 1.78. The van der Waals surface area contributed by atoms with Gasteiger partial charge in [0.2, 0.25) is 0 Å². The molecule has 0 atom stereocenters. The van der Waals surface area contributed by atoms with E-state index in [4.69, 9.17) is 9.47 Å². The van der Waals surface area contributed by atoms with Crippen LogP contribution in [0.2, 0.25) is 0 Å². The van der Waals surface area contributed by atoms with Crippen LogP contribution in [0.4, 0.5) is 11.4 Å². The molecule has 0 fully saturated rings. The average molecular weight is 337 g/mol. The van der Waals surface area contributed by atoms with Crippen molar-refractivity contribution in [3.05, 3.63) is 57.3 Å². The summed E-state index contributed by atoms with van der Waals surface area (Å²) in [5.41, 5.74) is -0.0994. The first-order valence-corrected chi connectivity index (χ1v) is 7.76. The third-order valence-corrected chi connectivity index (χ3v) is 4.26. The summed E-state index contributed by atoms with van der Waals surface area (Å²) in [6, 6.07) is 8.97. The van der Waals surface area contributed by atoms with Crippen LogP contribution in [-0.4, -0.2) is 27.6 Å². The summed E-state index contributed by atoms with van der Waals surface area (Å²) in [5.74, 6) is 0.725. The zero-order chi connectivity index (χ0) is 17.0. The Kier molecular flexibility index (Phi) is 4.70. The minimum absolute atomic E-state index is 0.103. The number of sulfonamides is 1. The molecule has 2 aromatic rings. The maximum absolute atomic E-state index is 12.3. The molecule has 2 rings (SSSR count). The van der Waals surface area contributed by atoms with Crippen molar-refractivity contribution >= 4 is 21.4 Å². The van der Waals surface area contributed by atoms with Crippen molar-refractivity contribution in [1.29, 1.82) is 0 Å². The molecule has 0 aliphatic rings. The number of benzene rings is 2. The molecular weight excluding hydrogens is 324 g/mol. The lowest BCUT2D eigenvalue weighted by molar-refractivity contribution is -0.384. The summed E-state index contributed by atoms with van der Waals surface area (Å²) >= 11 is 0. The Morgan fingerprint density at radius 2 is 1.70 bits per heavy atom. The van der Waals surface area contributed by atoms with E-state index in [0.717, 1.165) is 24.3 Å². The van der Waals surface area contributed by atoms with Crippen LogP contribution < -0.4 is 9.47 Å². The molecule has 0 N–H and O–H groups in total. The molecule has 0 aromatic heterocycles. The van der Waals surface area contributed by atoms with Gasteiger partial charge in [0.25, 0.3) is 5.69 Å². The van der Waals surface area contributed by atoms with Gasteiger partial charge in [0, 0.05) is 18.2 Å². The predicted molar refractivity (Wildman–Crippen MR) is 82.8 cm³/mol. The number of methoxy groups -OCH3 is 2. The normalized spacial score (nSPS) is 10.9. The number of ether oxygens (including phenoxy) is 2. The highest BCUT2D eigenvalue weighted by Crippen LogP contribution is 2.38. The van der Waals surface area contributed by atoms with Crippen molar-refractivity contribution < 1.29 is 22.8 Å². The molecule has 23 heavy (non-hydrogen) atoms. The molecule has 0 amide bonds. The molecule has 0 saturated carbocycles. The molecule has 0 heterocycles. The summed E-state index contributed by atoms with van der Waals surface area (Å²) in [4.78, 5) is 9.84. The Morgan fingerprint density at radius 3 is 2.22 bits per heavy atom. The maximum Gasteiger partial charge on any atom is 0.269 e. The SMILES string of the molecule is COc1ccc([N-]S(=O)(=O)c2ccc([N+](=O)[O-])cc2)c(OC)c1. The first-order valence-electron chi connectivity index (χ1n) is 6.32. The number of hydrogen-bond acceptors (Lipinski definition) is 6. The van der Waals surface area contributed by atoms with Crippen LogP contribution in [0.25, 0.3) is 4.72 Å². The zero-order valence-corrected chi connectivity index (χ0v) is 13.1. The lowest BCUT2D eigenvalue weighted by Gasteiger charge is -2.24. The van der Waals surface area contributed by atoms with Crippen LogP contribution in [0.3, 0.4) is 0 Å². The fourth-order valence-corrected chi connectivity index (χ4v) is 2.78. The molecule has 2 aromatic carbocycles. The van der Waals surface area contributed by atoms with Crippen LogP contribution >= 0.6 is 0 Å². The van der Waals surface area contributed by atoms with Crippen molar-refractivity contribution in [2.75, 3.05) is 14.2 Å². The van der Waals surface area contributed by atoms with Gasteiger partial charge in [0.05, 0.1) is 24.0 Å². The van der Waals surface area contributed by atoms with Crippen molar-refractivity contribution in [2.24, 2.45) is 0 Å². The molecule has 9 heteroatoms. The maximum atomic E-state index is 12.3. The van der Waals surface area contributed by atoms with Crippen LogP contribution in [0.5, 0.6) is 11.5 Å². The Morgan fingerprint density at radius 1 is 1.04 bits per heavy atom. The number of nitrogens with zero attached hydrogens (tertiary/aromatic N) is 2. The van der Waals surface area contributed by atoms with Gasteiger partial charge < -0.3 is 14.2 Å². The topological polar surface area (TPSA) is 110 Å². The number of rotatable bonds is 6. The van der Waals surface area contributed by atoms with Crippen molar-refractivity contribution in [3.63, 3.8) is 0 Å². The molecule has 0 radical (unpaired) electrons. The van der Waals surface area contributed by atoms with E-state index < -0.39 is 14.9 Å². The molecular formula is C14H13N2O6S-. The fraction of sp³-hybridized carbons (Fsp3) is 0.143. The third-order valence-electron chi connectivity index (χ3n) is 2.95. The number of hydrogen-bond donors (Lipinski definition) is 0. The van der Waals surface area contributed by atoms with E-state index in [1.54, 1.807) is 6.07 Å². The minimum Gasteiger partial charge on any atom is -0.570 e. The lowest BCUT2D eigenvalue weighted by atomic mass is 10.3. The summed E-state index contributed by atoms with van der Waals surface area (Å²) in [6.45, 7) is 0. The van der Waals surface area contributed by atoms with Gasteiger partial charge in [0.15, 0.2) is 0 Å². The number of nitro benzene ring substituents is 1. The molecule has 0 saturated heterocycles. The van der Waals surface area contributed by atoms with Gasteiger partial charge in [-0.3, -0.25) is 10.1 Å². The van der Waals surface area contributed by atoms with Crippen molar-refractivity contribution in [2.45, 2.75) is 4.90 Å². The van der Waals surface area contributed by atoms with Gasteiger partial charge in [-0.15, -0.1) is 0 Å². The van der Waals surface area contributed by atoms with E-state index in [1.165, 1.54) is 26.4 Å². The van der Waals surface area contributed by atoms with Gasteiger partial charge in [-0.25, -0.2) is 8.42 Å². The van der Waals surface area contributed by atoms with E-state index in [9.17, 15) is 18.5 Å². The Bertz CT molecular complexity index is 818. The Labute approximate surface area is 132 Å². The summed E-state index contributed by atoms with van der Waals surface area (Å²) in [5, 5.41) is 10.6. The van der Waals surface area contributed by atoms with E-state index in [1.807, 2.05) is 0 Å². The summed E-state index contributed by atoms with van der Waals surface area (Å²) in [6.07, 6.45) is 0. The third kappa shape index (κ3) is 3.69. The van der Waals surface area contributed by atoms with Gasteiger partial charge in [-0.1, -0.05) is 11.8 Å². The first kappa shape index (κ1) is 16.6. The summed E-state index contributed by atoms with van der Waals surface area (Å²) < 4.78 is 38.4. The van der Waals surface area contributed by atoms with E-state index in [2.05, 4.69) is 4.72 Å². The minimum atomic E-state index is -4.03. The second kappa shape index (κ2) is 6.53. The highest BCUT2D eigenvalue weighted by Gasteiger charge is 2.10. The van der Waals surface area contributed by atoms with Crippen molar-refractivity contribution in [3.8, 4) is 11.5 Å². The largest absolute Gasteiger partial charge is 0.570 e. The first-order chi connectivity index (χ1) is 10.9. The van der Waals surface area contributed by atoms with Crippen LogP contribution in [-0.2, 0) is 10.0 Å². The van der Waals surface area contributed by atoms with Gasteiger partial charge in [-0.2, -0.15) is 0 Å². The molecule has 0 bridgehead atoms. The van der Waals surface area contributed by atoms with Crippen LogP contribution in [0.1, 0.15) is 0 Å². The molecule has 122 valence electrons. The Balaban J connectivity index is 2.32. The number of nitro groups is 1. The van der Waals surface area contributed by atoms with Crippen molar-refractivity contribution in [1.82, 2.24) is 0 Å². The predicted octanol–water partition coefficient (Wildman–Crippen LogP) is 3.01. The van der Waals surface area contributed by atoms with E-state index in [-0.39, 0.29) is 22.0 Å². The highest BCUT2D eigenvalue weighted by atomic mass is 32.2. The van der Waals surface area contributed by atoms with Gasteiger partial charge in [0.1, 0.15) is 21.5 Å². The summed E-state index contributed by atoms with van der Waals surface area (Å²) in [7, 11) is -1.17. The van der Waals surface area contributed by atoms with E-state index in [0.29, 0.717) is 5.75 Å². The molecule has 0 aliphatic heterocycles. The monoisotopic (exact) mass is 337 g/mol. The molecule has 0 spiro atoms. The quantitative estimate of drug-likeness (QED) is 0.592. The van der Waals surface area contributed by atoms with E-state index >= 15 is 0 Å². The molecule has 8 nitrogen and oxygen atoms in total. The van der Waals surface area contributed by atoms with Crippen LogP contribution in [0.15, 0.2) is 47.4 Å². The molecule has 0 unspecified atom stereocenters. The van der Waals surface area contributed by atoms with Gasteiger partial charge in [-0.05, 0) is 18.2 Å². The second-order valence-electron chi connectivity index (χ2n) is 4.36. The smallest absolute Gasteiger partial charge is 0.269 e. The number of non-ortho nitro benzene ring substituents is 1. The standard InChI is InChI=1S/C14H13N2O6S/c1-21-11-5-8-13(14(9-11)22-2)15-23(19,20)12-6-3-10(4-7-12)16(17)18/h3-9H,1-2H3/q-1. The Hall–Kier alpha value is -2.81. The molecule has 0 aliphatic carbocycles. The van der Waals surface area contributed by atoms with Crippen LogP contribution in [0, 0.1) is 10.1 Å².